The van der Waals surface area contributed by atoms with Crippen LogP contribution in [0.15, 0.2) is 47.6 Å². The molecule has 0 spiro atoms. The number of hydrogen-bond donors (Lipinski definition) is 2. The van der Waals surface area contributed by atoms with E-state index in [1.807, 2.05) is 42.7 Å². The molecule has 35 heavy (non-hydrogen) atoms. The van der Waals surface area contributed by atoms with Gasteiger partial charge < -0.3 is 19.9 Å². The number of aromatic nitrogens is 3. The molecule has 8 nitrogen and oxygen atoms in total. The summed E-state index contributed by atoms with van der Waals surface area (Å²) in [5.74, 6) is 1.03. The van der Waals surface area contributed by atoms with Crippen molar-refractivity contribution in [3.63, 3.8) is 0 Å². The Morgan fingerprint density at radius 2 is 1.89 bits per heavy atom. The van der Waals surface area contributed by atoms with Gasteiger partial charge in [-0.05, 0) is 68.7 Å². The van der Waals surface area contributed by atoms with E-state index in [2.05, 4.69) is 27.8 Å². The Balaban J connectivity index is 1.51. The van der Waals surface area contributed by atoms with Crippen molar-refractivity contribution in [1.29, 1.82) is 0 Å². The quantitative estimate of drug-likeness (QED) is 0.361. The topological polar surface area (TPSA) is 98.1 Å². The van der Waals surface area contributed by atoms with E-state index in [1.54, 1.807) is 25.1 Å². The van der Waals surface area contributed by atoms with E-state index in [9.17, 15) is 9.59 Å². The van der Waals surface area contributed by atoms with Gasteiger partial charge in [0.15, 0.2) is 17.1 Å². The van der Waals surface area contributed by atoms with E-state index in [0.29, 0.717) is 28.3 Å². The van der Waals surface area contributed by atoms with Crippen LogP contribution in [-0.4, -0.2) is 38.4 Å². The molecule has 1 heterocycles. The van der Waals surface area contributed by atoms with E-state index >= 15 is 0 Å². The highest BCUT2D eigenvalue weighted by atomic mass is 35.5. The number of thioether (sulfide) groups is 1. The first-order valence-corrected chi connectivity index (χ1v) is 12.8. The Hall–Kier alpha value is -3.04. The van der Waals surface area contributed by atoms with Crippen LogP contribution in [0, 0.1) is 6.92 Å². The van der Waals surface area contributed by atoms with Crippen molar-refractivity contribution in [2.75, 3.05) is 11.1 Å². The molecule has 3 rings (SSSR count). The van der Waals surface area contributed by atoms with Gasteiger partial charge in [-0.2, -0.15) is 0 Å². The van der Waals surface area contributed by atoms with Crippen molar-refractivity contribution >= 4 is 40.9 Å². The highest BCUT2D eigenvalue weighted by molar-refractivity contribution is 7.99. The molecular weight excluding hydrogens is 486 g/mol. The highest BCUT2D eigenvalue weighted by Gasteiger charge is 2.18. The van der Waals surface area contributed by atoms with E-state index < -0.39 is 6.10 Å². The van der Waals surface area contributed by atoms with Gasteiger partial charge in [0.05, 0.1) is 12.3 Å². The Labute approximate surface area is 214 Å². The van der Waals surface area contributed by atoms with Gasteiger partial charge in [-0.3, -0.25) is 9.59 Å². The fourth-order valence-electron chi connectivity index (χ4n) is 3.33. The van der Waals surface area contributed by atoms with Crippen molar-refractivity contribution < 1.29 is 14.3 Å². The Bertz CT molecular complexity index is 1170. The maximum absolute atomic E-state index is 12.5. The second-order valence-corrected chi connectivity index (χ2v) is 9.29. The normalized spacial score (nSPS) is 11.7. The van der Waals surface area contributed by atoms with Crippen LogP contribution in [0.3, 0.4) is 0 Å². The Morgan fingerprint density at radius 3 is 2.54 bits per heavy atom. The molecule has 186 valence electrons. The van der Waals surface area contributed by atoms with Crippen molar-refractivity contribution in [2.24, 2.45) is 0 Å². The van der Waals surface area contributed by atoms with Gasteiger partial charge in [0.2, 0.25) is 5.91 Å². The fraction of sp³-hybridized carbons (Fsp3) is 0.360. The number of hydrogen-bond acceptors (Lipinski definition) is 6. The molecule has 0 unspecified atom stereocenters. The molecule has 10 heteroatoms. The van der Waals surface area contributed by atoms with Crippen molar-refractivity contribution in [1.82, 2.24) is 20.1 Å². The first-order valence-electron chi connectivity index (χ1n) is 11.4. The number of aryl methyl sites for hydroxylation is 2. The number of carbonyl (C=O) groups is 2. The summed E-state index contributed by atoms with van der Waals surface area (Å²) in [4.78, 5) is 24.9. The van der Waals surface area contributed by atoms with Gasteiger partial charge in [-0.1, -0.05) is 42.4 Å². The minimum atomic E-state index is -0.658. The van der Waals surface area contributed by atoms with Crippen molar-refractivity contribution in [2.45, 2.75) is 58.5 Å². The second-order valence-electron chi connectivity index (χ2n) is 7.91. The van der Waals surface area contributed by atoms with E-state index in [4.69, 9.17) is 16.3 Å². The molecule has 0 radical (unpaired) electrons. The second kappa shape index (κ2) is 12.6. The maximum Gasteiger partial charge on any atom is 0.261 e. The largest absolute Gasteiger partial charge is 0.481 e. The molecule has 0 fully saturated rings. The van der Waals surface area contributed by atoms with E-state index in [1.165, 1.54) is 17.3 Å². The predicted octanol–water partition coefficient (Wildman–Crippen LogP) is 4.64. The average Bonchev–Trinajstić information content (AvgIpc) is 3.25. The molecular formula is C25H30ClN5O3S. The molecule has 0 aliphatic carbocycles. The van der Waals surface area contributed by atoms with Gasteiger partial charge >= 0.3 is 0 Å². The van der Waals surface area contributed by atoms with Crippen LogP contribution in [0.2, 0.25) is 5.02 Å². The van der Waals surface area contributed by atoms with Gasteiger partial charge in [0.25, 0.3) is 5.91 Å². The van der Waals surface area contributed by atoms with Crippen LogP contribution in [0.25, 0.3) is 0 Å². The van der Waals surface area contributed by atoms with Gasteiger partial charge in [-0.15, -0.1) is 10.2 Å². The number of benzene rings is 2. The summed E-state index contributed by atoms with van der Waals surface area (Å²) in [7, 11) is 0. The highest BCUT2D eigenvalue weighted by Crippen LogP contribution is 2.21. The third kappa shape index (κ3) is 7.47. The first-order chi connectivity index (χ1) is 16.8. The summed E-state index contributed by atoms with van der Waals surface area (Å²) in [6, 6.07) is 13.0. The average molecular weight is 516 g/mol. The van der Waals surface area contributed by atoms with Crippen LogP contribution in [0.5, 0.6) is 5.75 Å². The van der Waals surface area contributed by atoms with Gasteiger partial charge in [0, 0.05) is 17.3 Å². The lowest BCUT2D eigenvalue weighted by Gasteiger charge is -2.15. The summed E-state index contributed by atoms with van der Waals surface area (Å²) in [6.45, 7) is 8.45. The van der Waals surface area contributed by atoms with E-state index in [-0.39, 0.29) is 24.1 Å². The molecule has 2 amide bonds. The number of anilines is 1. The lowest BCUT2D eigenvalue weighted by molar-refractivity contribution is -0.127. The first kappa shape index (κ1) is 26.6. The number of amides is 2. The third-order valence-electron chi connectivity index (χ3n) is 5.34. The minimum Gasteiger partial charge on any atom is -0.481 e. The number of nitrogens with one attached hydrogen (secondary N) is 2. The van der Waals surface area contributed by atoms with Gasteiger partial charge in [-0.25, -0.2) is 0 Å². The maximum atomic E-state index is 12.5. The zero-order chi connectivity index (χ0) is 25.4. The molecule has 0 aliphatic heterocycles. The molecule has 2 aromatic carbocycles. The molecule has 0 saturated heterocycles. The van der Waals surface area contributed by atoms with Gasteiger partial charge in [0.1, 0.15) is 5.75 Å². The fourth-order valence-corrected chi connectivity index (χ4v) is 4.38. The Kier molecular flexibility index (Phi) is 9.56. The van der Waals surface area contributed by atoms with Crippen LogP contribution >= 0.6 is 23.4 Å². The minimum absolute atomic E-state index is 0.154. The van der Waals surface area contributed by atoms with Crippen molar-refractivity contribution in [3.8, 4) is 5.75 Å². The molecule has 3 aromatic rings. The zero-order valence-electron chi connectivity index (χ0n) is 20.3. The number of rotatable bonds is 11. The van der Waals surface area contributed by atoms with Crippen LogP contribution in [0.1, 0.15) is 37.7 Å². The molecule has 2 N–H and O–H groups in total. The predicted molar refractivity (Wildman–Crippen MR) is 139 cm³/mol. The summed E-state index contributed by atoms with van der Waals surface area (Å²) in [5.41, 5.74) is 2.82. The zero-order valence-corrected chi connectivity index (χ0v) is 21.9. The summed E-state index contributed by atoms with van der Waals surface area (Å²) < 4.78 is 7.62. The van der Waals surface area contributed by atoms with E-state index in [0.717, 1.165) is 17.7 Å². The molecule has 1 atom stereocenters. The monoisotopic (exact) mass is 515 g/mol. The number of ether oxygens (including phenoxy) is 1. The van der Waals surface area contributed by atoms with Crippen LogP contribution < -0.4 is 15.4 Å². The van der Waals surface area contributed by atoms with Crippen molar-refractivity contribution in [3.05, 3.63) is 64.4 Å². The SMILES string of the molecule is CCc1ccc(O[C@@H](C)C(=O)NCc2nnc(SCC(=O)Nc3ccc(Cl)cc3C)n2CC)cc1. The summed E-state index contributed by atoms with van der Waals surface area (Å²) in [6.07, 6.45) is 0.288. The van der Waals surface area contributed by atoms with Crippen LogP contribution in [0.4, 0.5) is 5.69 Å². The molecule has 0 saturated carbocycles. The number of nitrogens with zero attached hydrogens (tertiary/aromatic N) is 3. The molecule has 0 aliphatic rings. The Morgan fingerprint density at radius 1 is 1.14 bits per heavy atom. The number of halogens is 1. The summed E-state index contributed by atoms with van der Waals surface area (Å²) in [5, 5.41) is 15.4. The molecule has 1 aromatic heterocycles. The lowest BCUT2D eigenvalue weighted by Crippen LogP contribution is -2.36. The standard InChI is InChI=1S/C25H30ClN5O3S/c1-5-18-7-10-20(11-8-18)34-17(4)24(33)27-14-22-29-30-25(31(22)6-2)35-15-23(32)28-21-12-9-19(26)13-16(21)3/h7-13,17H,5-6,14-15H2,1-4H3,(H,27,33)(H,28,32)/t17-/m0/s1. The smallest absolute Gasteiger partial charge is 0.261 e. The summed E-state index contributed by atoms with van der Waals surface area (Å²) >= 11 is 7.26. The third-order valence-corrected chi connectivity index (χ3v) is 6.54. The van der Waals surface area contributed by atoms with Crippen LogP contribution in [-0.2, 0) is 29.1 Å². The number of carbonyl (C=O) groups excluding carboxylic acids is 2. The lowest BCUT2D eigenvalue weighted by atomic mass is 10.2. The molecule has 0 bridgehead atoms.